The minimum absolute atomic E-state index is 0.231. The van der Waals surface area contributed by atoms with Crippen LogP contribution in [-0.4, -0.2) is 45.0 Å². The summed E-state index contributed by atoms with van der Waals surface area (Å²) in [5, 5.41) is 12.7. The third kappa shape index (κ3) is 3.38. The second-order valence-electron chi connectivity index (χ2n) is 7.39. The number of H-pyrrole nitrogens is 1. The maximum Gasteiger partial charge on any atom is 0.261 e. The van der Waals surface area contributed by atoms with E-state index in [-0.39, 0.29) is 17.8 Å². The number of nitrogens with zero attached hydrogens (tertiary/aromatic N) is 3. The Kier molecular flexibility index (Phi) is 4.59. The van der Waals surface area contributed by atoms with Crippen molar-refractivity contribution < 1.29 is 9.59 Å². The maximum atomic E-state index is 12.9. The van der Waals surface area contributed by atoms with Gasteiger partial charge in [0.25, 0.3) is 11.8 Å². The Balaban J connectivity index is 1.22. The molecule has 3 aromatic carbocycles. The molecule has 0 saturated carbocycles. The molecule has 4 N–H and O–H groups in total. The second kappa shape index (κ2) is 7.56. The standard InChI is InChI=1S/C23H20N6O2/c24-23-26-20(27-28-23)15-8-10-16(11-9-15)25-12-3-13-29-21(30)17-6-1-4-14-5-2-7-18(19(14)17)22(29)31/h1-2,4-11,25H,3,12-13H2,(H3,24,26,27,28). The minimum Gasteiger partial charge on any atom is -0.385 e. The quantitative estimate of drug-likeness (QED) is 0.330. The van der Waals surface area contributed by atoms with E-state index in [1.165, 1.54) is 4.90 Å². The third-order valence-electron chi connectivity index (χ3n) is 5.41. The fourth-order valence-electron chi connectivity index (χ4n) is 3.90. The molecule has 0 unspecified atom stereocenters. The highest BCUT2D eigenvalue weighted by molar-refractivity contribution is 6.25. The summed E-state index contributed by atoms with van der Waals surface area (Å²) in [7, 11) is 0. The summed E-state index contributed by atoms with van der Waals surface area (Å²) < 4.78 is 0. The number of aromatic amines is 1. The van der Waals surface area contributed by atoms with Gasteiger partial charge in [-0.05, 0) is 48.2 Å². The van der Waals surface area contributed by atoms with Gasteiger partial charge in [-0.3, -0.25) is 14.5 Å². The summed E-state index contributed by atoms with van der Waals surface area (Å²) >= 11 is 0. The number of hydrogen-bond acceptors (Lipinski definition) is 6. The van der Waals surface area contributed by atoms with Crippen molar-refractivity contribution in [2.24, 2.45) is 0 Å². The Morgan fingerprint density at radius 3 is 2.19 bits per heavy atom. The second-order valence-corrected chi connectivity index (χ2v) is 7.39. The molecule has 0 aliphatic carbocycles. The maximum absolute atomic E-state index is 12.9. The normalized spacial score (nSPS) is 13.1. The number of imide groups is 1. The van der Waals surface area contributed by atoms with Gasteiger partial charge in [0.05, 0.1) is 0 Å². The van der Waals surface area contributed by atoms with E-state index in [4.69, 9.17) is 5.73 Å². The Labute approximate surface area is 178 Å². The number of nitrogens with one attached hydrogen (secondary N) is 2. The first-order valence-electron chi connectivity index (χ1n) is 10.0. The Hall–Kier alpha value is -4.20. The van der Waals surface area contributed by atoms with Gasteiger partial charge < -0.3 is 16.0 Å². The minimum atomic E-state index is -0.231. The molecule has 2 amide bonds. The third-order valence-corrected chi connectivity index (χ3v) is 5.41. The van der Waals surface area contributed by atoms with Gasteiger partial charge in [-0.15, -0.1) is 10.2 Å². The summed E-state index contributed by atoms with van der Waals surface area (Å²) in [5.74, 6) is 0.425. The van der Waals surface area contributed by atoms with Crippen molar-refractivity contribution in [1.82, 2.24) is 20.1 Å². The van der Waals surface area contributed by atoms with E-state index >= 15 is 0 Å². The molecule has 1 aromatic heterocycles. The van der Waals surface area contributed by atoms with Crippen LogP contribution in [0.25, 0.3) is 22.2 Å². The molecule has 0 bridgehead atoms. The molecule has 8 nitrogen and oxygen atoms in total. The fraction of sp³-hybridized carbons (Fsp3) is 0.130. The molecule has 0 atom stereocenters. The van der Waals surface area contributed by atoms with Crippen LogP contribution in [-0.2, 0) is 0 Å². The van der Waals surface area contributed by atoms with Crippen molar-refractivity contribution in [3.8, 4) is 11.4 Å². The zero-order valence-corrected chi connectivity index (χ0v) is 16.6. The van der Waals surface area contributed by atoms with Gasteiger partial charge in [0.1, 0.15) is 0 Å². The van der Waals surface area contributed by atoms with E-state index in [9.17, 15) is 9.59 Å². The number of carbonyl (C=O) groups is 2. The van der Waals surface area contributed by atoms with E-state index in [0.29, 0.717) is 36.5 Å². The molecular weight excluding hydrogens is 392 g/mol. The predicted octanol–water partition coefficient (Wildman–Crippen LogP) is 3.31. The lowest BCUT2D eigenvalue weighted by Crippen LogP contribution is -2.41. The zero-order chi connectivity index (χ0) is 21.4. The van der Waals surface area contributed by atoms with Crippen LogP contribution in [0.3, 0.4) is 0 Å². The van der Waals surface area contributed by atoms with Crippen LogP contribution in [0.2, 0.25) is 0 Å². The van der Waals surface area contributed by atoms with Gasteiger partial charge in [-0.25, -0.2) is 0 Å². The molecule has 31 heavy (non-hydrogen) atoms. The number of carbonyl (C=O) groups excluding carboxylic acids is 2. The van der Waals surface area contributed by atoms with E-state index in [1.54, 1.807) is 12.1 Å². The first-order chi connectivity index (χ1) is 15.1. The zero-order valence-electron chi connectivity index (χ0n) is 16.6. The Bertz CT molecular complexity index is 1240. The highest BCUT2D eigenvalue weighted by Crippen LogP contribution is 2.30. The van der Waals surface area contributed by atoms with Crippen LogP contribution >= 0.6 is 0 Å². The Morgan fingerprint density at radius 1 is 0.903 bits per heavy atom. The molecule has 0 fully saturated rings. The van der Waals surface area contributed by atoms with Crippen LogP contribution in [0, 0.1) is 0 Å². The predicted molar refractivity (Wildman–Crippen MR) is 119 cm³/mol. The lowest BCUT2D eigenvalue weighted by Gasteiger charge is -2.27. The molecule has 0 saturated heterocycles. The molecule has 8 heteroatoms. The number of rotatable bonds is 6. The van der Waals surface area contributed by atoms with Crippen LogP contribution in [0.4, 0.5) is 11.6 Å². The molecule has 1 aliphatic rings. The van der Waals surface area contributed by atoms with E-state index < -0.39 is 0 Å². The average molecular weight is 412 g/mol. The number of nitrogens with two attached hydrogens (primary N) is 1. The van der Waals surface area contributed by atoms with Crippen molar-refractivity contribution >= 4 is 34.2 Å². The average Bonchev–Trinajstić information content (AvgIpc) is 3.23. The summed E-state index contributed by atoms with van der Waals surface area (Å²) in [6.07, 6.45) is 0.635. The van der Waals surface area contributed by atoms with Gasteiger partial charge >= 0.3 is 0 Å². The van der Waals surface area contributed by atoms with Gasteiger partial charge in [0.2, 0.25) is 5.95 Å². The van der Waals surface area contributed by atoms with Crippen LogP contribution < -0.4 is 11.1 Å². The molecule has 0 radical (unpaired) electrons. The van der Waals surface area contributed by atoms with Gasteiger partial charge in [0, 0.05) is 40.9 Å². The molecule has 154 valence electrons. The number of aromatic nitrogens is 3. The first-order valence-corrected chi connectivity index (χ1v) is 10.0. The van der Waals surface area contributed by atoms with Crippen LogP contribution in [0.5, 0.6) is 0 Å². The van der Waals surface area contributed by atoms with Crippen molar-refractivity contribution in [1.29, 1.82) is 0 Å². The van der Waals surface area contributed by atoms with E-state index in [1.807, 2.05) is 48.5 Å². The smallest absolute Gasteiger partial charge is 0.261 e. The van der Waals surface area contributed by atoms with Gasteiger partial charge in [0.15, 0.2) is 5.82 Å². The lowest BCUT2D eigenvalue weighted by atomic mass is 9.94. The highest BCUT2D eigenvalue weighted by atomic mass is 16.2. The topological polar surface area (TPSA) is 117 Å². The van der Waals surface area contributed by atoms with Gasteiger partial charge in [-0.2, -0.15) is 0 Å². The molecule has 2 heterocycles. The highest BCUT2D eigenvalue weighted by Gasteiger charge is 2.31. The van der Waals surface area contributed by atoms with E-state index in [0.717, 1.165) is 22.0 Å². The van der Waals surface area contributed by atoms with Gasteiger partial charge in [-0.1, -0.05) is 24.3 Å². The molecule has 5 rings (SSSR count). The monoisotopic (exact) mass is 412 g/mol. The van der Waals surface area contributed by atoms with Crippen LogP contribution in [0.15, 0.2) is 60.7 Å². The Morgan fingerprint density at radius 2 is 1.58 bits per heavy atom. The van der Waals surface area contributed by atoms with Crippen molar-refractivity contribution in [2.75, 3.05) is 24.1 Å². The number of anilines is 2. The first kappa shape index (κ1) is 18.8. The van der Waals surface area contributed by atoms with E-state index in [2.05, 4.69) is 20.5 Å². The molecule has 1 aliphatic heterocycles. The van der Waals surface area contributed by atoms with Crippen molar-refractivity contribution in [2.45, 2.75) is 6.42 Å². The largest absolute Gasteiger partial charge is 0.385 e. The SMILES string of the molecule is Nc1nnc(-c2ccc(NCCCN3C(=O)c4cccc5cccc(c45)C3=O)cc2)[nH]1. The number of nitrogen functional groups attached to an aromatic ring is 1. The summed E-state index contributed by atoms with van der Waals surface area (Å²) in [5.41, 5.74) is 8.55. The summed E-state index contributed by atoms with van der Waals surface area (Å²) in [6, 6.07) is 18.8. The summed E-state index contributed by atoms with van der Waals surface area (Å²) in [6.45, 7) is 0.975. The fourth-order valence-corrected chi connectivity index (χ4v) is 3.90. The van der Waals surface area contributed by atoms with Crippen molar-refractivity contribution in [3.63, 3.8) is 0 Å². The number of hydrogen-bond donors (Lipinski definition) is 3. The lowest BCUT2D eigenvalue weighted by molar-refractivity contribution is 0.0610. The molecule has 4 aromatic rings. The van der Waals surface area contributed by atoms with Crippen molar-refractivity contribution in [3.05, 3.63) is 71.8 Å². The molecule has 0 spiro atoms. The number of amides is 2. The van der Waals surface area contributed by atoms with Crippen LogP contribution in [0.1, 0.15) is 27.1 Å². The summed E-state index contributed by atoms with van der Waals surface area (Å²) in [4.78, 5) is 30.1. The molecular formula is C23H20N6O2. The number of benzene rings is 3.